The van der Waals surface area contributed by atoms with Crippen LogP contribution >= 0.6 is 11.8 Å². The van der Waals surface area contributed by atoms with Gasteiger partial charge in [-0.2, -0.15) is 11.8 Å². The molecule has 0 bridgehead atoms. The highest BCUT2D eigenvalue weighted by Crippen LogP contribution is 2.24. The molecule has 1 N–H and O–H groups in total. The SMILES string of the molecule is CCNC(CC)CSC(C)(C)C. The summed E-state index contributed by atoms with van der Waals surface area (Å²) >= 11 is 2.04. The molecule has 2 heteroatoms. The zero-order valence-electron chi connectivity index (χ0n) is 9.11. The van der Waals surface area contributed by atoms with E-state index in [-0.39, 0.29) is 0 Å². The van der Waals surface area contributed by atoms with E-state index in [1.54, 1.807) is 0 Å². The van der Waals surface area contributed by atoms with Gasteiger partial charge < -0.3 is 5.32 Å². The molecule has 0 aliphatic carbocycles. The standard InChI is InChI=1S/C10H23NS/c1-6-9(11-7-2)8-12-10(3,4)5/h9,11H,6-8H2,1-5H3. The van der Waals surface area contributed by atoms with Crippen LogP contribution in [0.3, 0.4) is 0 Å². The van der Waals surface area contributed by atoms with Gasteiger partial charge in [0.2, 0.25) is 0 Å². The van der Waals surface area contributed by atoms with Crippen LogP contribution in [0.25, 0.3) is 0 Å². The molecule has 0 heterocycles. The van der Waals surface area contributed by atoms with Gasteiger partial charge in [-0.05, 0) is 13.0 Å². The van der Waals surface area contributed by atoms with E-state index in [0.29, 0.717) is 10.8 Å². The van der Waals surface area contributed by atoms with E-state index in [9.17, 15) is 0 Å². The van der Waals surface area contributed by atoms with Gasteiger partial charge in [0.05, 0.1) is 0 Å². The van der Waals surface area contributed by atoms with Crippen molar-refractivity contribution in [3.05, 3.63) is 0 Å². The summed E-state index contributed by atoms with van der Waals surface area (Å²) in [5, 5.41) is 3.48. The van der Waals surface area contributed by atoms with Crippen LogP contribution in [0.1, 0.15) is 41.0 Å². The van der Waals surface area contributed by atoms with Gasteiger partial charge in [0.1, 0.15) is 0 Å². The van der Waals surface area contributed by atoms with Crippen molar-refractivity contribution in [2.75, 3.05) is 12.3 Å². The first kappa shape index (κ1) is 12.3. The fourth-order valence-corrected chi connectivity index (χ4v) is 2.02. The van der Waals surface area contributed by atoms with Crippen LogP contribution in [0.4, 0.5) is 0 Å². The van der Waals surface area contributed by atoms with Crippen LogP contribution in [0, 0.1) is 0 Å². The Kier molecular flexibility index (Phi) is 6.02. The molecule has 0 saturated carbocycles. The molecular weight excluding hydrogens is 166 g/mol. The van der Waals surface area contributed by atoms with Gasteiger partial charge in [-0.3, -0.25) is 0 Å². The molecule has 0 aliphatic heterocycles. The van der Waals surface area contributed by atoms with E-state index in [0.717, 1.165) is 6.54 Å². The monoisotopic (exact) mass is 189 g/mol. The van der Waals surface area contributed by atoms with Crippen LogP contribution in [-0.2, 0) is 0 Å². The average Bonchev–Trinajstić information content (AvgIpc) is 1.96. The Morgan fingerprint density at radius 2 is 1.83 bits per heavy atom. The van der Waals surface area contributed by atoms with Gasteiger partial charge in [0.25, 0.3) is 0 Å². The van der Waals surface area contributed by atoms with Crippen LogP contribution in [0.2, 0.25) is 0 Å². The molecule has 0 radical (unpaired) electrons. The zero-order chi connectivity index (χ0) is 9.61. The van der Waals surface area contributed by atoms with Crippen molar-refractivity contribution in [2.45, 2.75) is 51.8 Å². The molecule has 0 saturated heterocycles. The van der Waals surface area contributed by atoms with Gasteiger partial charge >= 0.3 is 0 Å². The molecule has 0 aliphatic rings. The Labute approximate surface area is 81.7 Å². The van der Waals surface area contributed by atoms with Gasteiger partial charge in [-0.15, -0.1) is 0 Å². The largest absolute Gasteiger partial charge is 0.313 e. The quantitative estimate of drug-likeness (QED) is 0.713. The molecule has 0 aromatic heterocycles. The predicted molar refractivity (Wildman–Crippen MR) is 60.0 cm³/mol. The first-order valence-electron chi connectivity index (χ1n) is 4.87. The lowest BCUT2D eigenvalue weighted by Gasteiger charge is -2.22. The van der Waals surface area contributed by atoms with Crippen molar-refractivity contribution in [1.82, 2.24) is 5.32 Å². The van der Waals surface area contributed by atoms with E-state index in [1.165, 1.54) is 12.2 Å². The van der Waals surface area contributed by atoms with E-state index in [2.05, 4.69) is 39.9 Å². The fraction of sp³-hybridized carbons (Fsp3) is 1.00. The van der Waals surface area contributed by atoms with E-state index >= 15 is 0 Å². The Hall–Kier alpha value is 0.310. The summed E-state index contributed by atoms with van der Waals surface area (Å²) in [6.45, 7) is 12.3. The molecule has 0 fully saturated rings. The third-order valence-corrected chi connectivity index (χ3v) is 3.14. The van der Waals surface area contributed by atoms with Gasteiger partial charge in [-0.1, -0.05) is 34.6 Å². The van der Waals surface area contributed by atoms with Crippen LogP contribution in [0.5, 0.6) is 0 Å². The molecule has 1 atom stereocenters. The zero-order valence-corrected chi connectivity index (χ0v) is 9.92. The topological polar surface area (TPSA) is 12.0 Å². The molecule has 0 aromatic carbocycles. The lowest BCUT2D eigenvalue weighted by atomic mass is 10.2. The maximum absolute atomic E-state index is 3.48. The van der Waals surface area contributed by atoms with Crippen LogP contribution < -0.4 is 5.32 Å². The Balaban J connectivity index is 3.58. The summed E-state index contributed by atoms with van der Waals surface area (Å²) < 4.78 is 0.406. The summed E-state index contributed by atoms with van der Waals surface area (Å²) in [5.74, 6) is 1.23. The summed E-state index contributed by atoms with van der Waals surface area (Å²) in [5.41, 5.74) is 0. The molecule has 74 valence electrons. The van der Waals surface area contributed by atoms with Crippen molar-refractivity contribution in [1.29, 1.82) is 0 Å². The number of hydrogen-bond acceptors (Lipinski definition) is 2. The minimum Gasteiger partial charge on any atom is -0.313 e. The minimum absolute atomic E-state index is 0.406. The highest BCUT2D eigenvalue weighted by molar-refractivity contribution is 8.00. The van der Waals surface area contributed by atoms with E-state index < -0.39 is 0 Å². The predicted octanol–water partition coefficient (Wildman–Crippen LogP) is 2.91. The second-order valence-corrected chi connectivity index (χ2v) is 5.93. The highest BCUT2D eigenvalue weighted by atomic mass is 32.2. The Bertz CT molecular complexity index is 107. The van der Waals surface area contributed by atoms with Crippen molar-refractivity contribution < 1.29 is 0 Å². The van der Waals surface area contributed by atoms with Gasteiger partial charge in [-0.25, -0.2) is 0 Å². The molecule has 1 unspecified atom stereocenters. The van der Waals surface area contributed by atoms with Crippen molar-refractivity contribution in [3.8, 4) is 0 Å². The molecule has 0 amide bonds. The highest BCUT2D eigenvalue weighted by Gasteiger charge is 2.13. The first-order valence-corrected chi connectivity index (χ1v) is 5.85. The van der Waals surface area contributed by atoms with Crippen LogP contribution in [-0.4, -0.2) is 23.1 Å². The maximum Gasteiger partial charge on any atom is 0.0155 e. The summed E-state index contributed by atoms with van der Waals surface area (Å²) in [6.07, 6.45) is 1.23. The second-order valence-electron chi connectivity index (χ2n) is 4.09. The van der Waals surface area contributed by atoms with Crippen LogP contribution in [0.15, 0.2) is 0 Å². The maximum atomic E-state index is 3.48. The van der Waals surface area contributed by atoms with Crippen molar-refractivity contribution in [2.24, 2.45) is 0 Å². The number of nitrogens with one attached hydrogen (secondary N) is 1. The van der Waals surface area contributed by atoms with Gasteiger partial charge in [0, 0.05) is 16.5 Å². The normalized spacial score (nSPS) is 14.8. The summed E-state index contributed by atoms with van der Waals surface area (Å²) in [6, 6.07) is 0.694. The molecule has 0 rings (SSSR count). The molecule has 1 nitrogen and oxygen atoms in total. The van der Waals surface area contributed by atoms with E-state index in [1.807, 2.05) is 11.8 Å². The number of thioether (sulfide) groups is 1. The fourth-order valence-electron chi connectivity index (χ4n) is 0.960. The number of hydrogen-bond donors (Lipinski definition) is 1. The minimum atomic E-state index is 0.406. The van der Waals surface area contributed by atoms with Crippen molar-refractivity contribution in [3.63, 3.8) is 0 Å². The molecule has 12 heavy (non-hydrogen) atoms. The van der Waals surface area contributed by atoms with E-state index in [4.69, 9.17) is 0 Å². The average molecular weight is 189 g/mol. The Morgan fingerprint density at radius 1 is 1.25 bits per heavy atom. The summed E-state index contributed by atoms with van der Waals surface area (Å²) in [7, 11) is 0. The van der Waals surface area contributed by atoms with Crippen molar-refractivity contribution >= 4 is 11.8 Å². The lowest BCUT2D eigenvalue weighted by Crippen LogP contribution is -2.31. The molecular formula is C10H23NS. The molecule has 0 aromatic rings. The third kappa shape index (κ3) is 6.99. The third-order valence-electron chi connectivity index (χ3n) is 1.70. The molecule has 0 spiro atoms. The Morgan fingerprint density at radius 3 is 2.17 bits per heavy atom. The second kappa shape index (κ2) is 5.87. The number of rotatable bonds is 5. The first-order chi connectivity index (χ1) is 5.49. The summed E-state index contributed by atoms with van der Waals surface area (Å²) in [4.78, 5) is 0. The van der Waals surface area contributed by atoms with Gasteiger partial charge in [0.15, 0.2) is 0 Å². The smallest absolute Gasteiger partial charge is 0.0155 e. The lowest BCUT2D eigenvalue weighted by molar-refractivity contribution is 0.558.